The molecule has 5 unspecified atom stereocenters. The molecule has 0 spiro atoms. The summed E-state index contributed by atoms with van der Waals surface area (Å²) in [6.45, 7) is 7.09. The smallest absolute Gasteiger partial charge is 0.0337 e. The summed E-state index contributed by atoms with van der Waals surface area (Å²) < 4.78 is 0. The van der Waals surface area contributed by atoms with Crippen LogP contribution in [0.3, 0.4) is 0 Å². The van der Waals surface area contributed by atoms with Crippen LogP contribution < -0.4 is 5.73 Å². The van der Waals surface area contributed by atoms with Crippen molar-refractivity contribution in [2.75, 3.05) is 13.1 Å². The highest BCUT2D eigenvalue weighted by Crippen LogP contribution is 2.46. The van der Waals surface area contributed by atoms with Crippen LogP contribution in [0.5, 0.6) is 0 Å². The molecule has 0 bridgehead atoms. The Morgan fingerprint density at radius 3 is 2.58 bits per heavy atom. The molecule has 0 aromatic carbocycles. The highest BCUT2D eigenvalue weighted by atomic mass is 15.3. The molecule has 0 aromatic rings. The van der Waals surface area contributed by atoms with Gasteiger partial charge in [0.05, 0.1) is 0 Å². The van der Waals surface area contributed by atoms with Crippen molar-refractivity contribution in [2.24, 2.45) is 23.5 Å². The van der Waals surface area contributed by atoms with Crippen LogP contribution in [0.4, 0.5) is 0 Å². The lowest BCUT2D eigenvalue weighted by Gasteiger charge is -2.51. The summed E-state index contributed by atoms with van der Waals surface area (Å²) in [5.41, 5.74) is 6.66. The van der Waals surface area contributed by atoms with Crippen LogP contribution in [-0.2, 0) is 0 Å². The molecule has 2 aliphatic carbocycles. The topological polar surface area (TPSA) is 29.3 Å². The Morgan fingerprint density at radius 2 is 1.84 bits per heavy atom. The maximum atomic E-state index is 6.31. The van der Waals surface area contributed by atoms with E-state index in [1.165, 1.54) is 57.9 Å². The monoisotopic (exact) mass is 264 g/mol. The maximum absolute atomic E-state index is 6.31. The molecule has 19 heavy (non-hydrogen) atoms. The van der Waals surface area contributed by atoms with E-state index < -0.39 is 0 Å². The first kappa shape index (κ1) is 13.9. The van der Waals surface area contributed by atoms with Gasteiger partial charge in [0.2, 0.25) is 0 Å². The van der Waals surface area contributed by atoms with Gasteiger partial charge >= 0.3 is 0 Å². The van der Waals surface area contributed by atoms with Crippen molar-refractivity contribution in [3.8, 4) is 0 Å². The van der Waals surface area contributed by atoms with Crippen molar-refractivity contribution in [1.29, 1.82) is 0 Å². The summed E-state index contributed by atoms with van der Waals surface area (Å²) in [5, 5.41) is 0. The summed E-state index contributed by atoms with van der Waals surface area (Å²) in [4.78, 5) is 2.89. The fraction of sp³-hybridized carbons (Fsp3) is 1.00. The second-order valence-electron chi connectivity index (χ2n) is 7.72. The number of fused-ring (bicyclic) bond motifs is 1. The fourth-order valence-electron chi connectivity index (χ4n) is 5.24. The normalized spacial score (nSPS) is 48.2. The first-order valence-corrected chi connectivity index (χ1v) is 8.63. The summed E-state index contributed by atoms with van der Waals surface area (Å²) in [6.07, 6.45) is 11.3. The van der Waals surface area contributed by atoms with E-state index >= 15 is 0 Å². The van der Waals surface area contributed by atoms with E-state index in [1.54, 1.807) is 0 Å². The summed E-state index contributed by atoms with van der Waals surface area (Å²) in [5.74, 6) is 2.73. The van der Waals surface area contributed by atoms with E-state index in [4.69, 9.17) is 5.73 Å². The van der Waals surface area contributed by atoms with Crippen molar-refractivity contribution >= 4 is 0 Å². The largest absolute Gasteiger partial charge is 0.329 e. The van der Waals surface area contributed by atoms with Gasteiger partial charge in [-0.05, 0) is 62.8 Å². The van der Waals surface area contributed by atoms with E-state index in [1.807, 2.05) is 0 Å². The second kappa shape index (κ2) is 5.37. The molecule has 2 nitrogen and oxygen atoms in total. The van der Waals surface area contributed by atoms with Crippen molar-refractivity contribution < 1.29 is 0 Å². The van der Waals surface area contributed by atoms with Gasteiger partial charge in [0, 0.05) is 18.1 Å². The third-order valence-electron chi connectivity index (χ3n) is 6.74. The van der Waals surface area contributed by atoms with Gasteiger partial charge in [-0.2, -0.15) is 0 Å². The zero-order valence-corrected chi connectivity index (χ0v) is 12.9. The summed E-state index contributed by atoms with van der Waals surface area (Å²) in [7, 11) is 0. The zero-order chi connectivity index (χ0) is 13.5. The lowest BCUT2D eigenvalue weighted by Crippen LogP contribution is -2.59. The number of nitrogens with two attached hydrogens (primary N) is 1. The minimum atomic E-state index is 0.350. The molecule has 3 fully saturated rings. The zero-order valence-electron chi connectivity index (χ0n) is 12.9. The van der Waals surface area contributed by atoms with Gasteiger partial charge in [-0.15, -0.1) is 0 Å². The van der Waals surface area contributed by atoms with E-state index in [9.17, 15) is 0 Å². The van der Waals surface area contributed by atoms with Crippen molar-refractivity contribution in [3.05, 3.63) is 0 Å². The molecular weight excluding hydrogens is 232 g/mol. The predicted octanol–water partition coefficient (Wildman–Crippen LogP) is 3.40. The number of likely N-dealkylation sites (tertiary alicyclic amines) is 1. The Labute approximate surface area is 119 Å². The third-order valence-corrected chi connectivity index (χ3v) is 6.74. The van der Waals surface area contributed by atoms with Gasteiger partial charge in [-0.1, -0.05) is 26.7 Å². The SMILES string of the molecule is CC1CCC(CN)(N2CCC3CCCCC32)CC1C. The number of nitrogens with zero attached hydrogens (tertiary/aromatic N) is 1. The van der Waals surface area contributed by atoms with E-state index in [-0.39, 0.29) is 0 Å². The molecule has 0 amide bonds. The van der Waals surface area contributed by atoms with E-state index in [2.05, 4.69) is 18.7 Å². The quantitative estimate of drug-likeness (QED) is 0.828. The van der Waals surface area contributed by atoms with Crippen LogP contribution in [0, 0.1) is 17.8 Å². The molecule has 3 rings (SSSR count). The molecule has 1 heterocycles. The molecule has 110 valence electrons. The lowest BCUT2D eigenvalue weighted by molar-refractivity contribution is -0.00194. The van der Waals surface area contributed by atoms with Gasteiger partial charge in [-0.3, -0.25) is 4.90 Å². The lowest BCUT2D eigenvalue weighted by atomic mass is 9.69. The van der Waals surface area contributed by atoms with E-state index in [0.29, 0.717) is 5.54 Å². The Bertz CT molecular complexity index is 316. The van der Waals surface area contributed by atoms with Crippen LogP contribution >= 0.6 is 0 Å². The standard InChI is InChI=1S/C17H32N2/c1-13-7-9-17(12-18,11-14(13)2)19-10-8-15-5-3-4-6-16(15)19/h13-16H,3-12,18H2,1-2H3. The van der Waals surface area contributed by atoms with Gasteiger partial charge in [-0.25, -0.2) is 0 Å². The highest BCUT2D eigenvalue weighted by Gasteiger charge is 2.48. The minimum Gasteiger partial charge on any atom is -0.329 e. The molecule has 2 heteroatoms. The number of hydrogen-bond donors (Lipinski definition) is 1. The first-order chi connectivity index (χ1) is 9.16. The molecule has 3 aliphatic rings. The number of hydrogen-bond acceptors (Lipinski definition) is 2. The van der Waals surface area contributed by atoms with Crippen molar-refractivity contribution in [2.45, 2.75) is 76.8 Å². The summed E-state index contributed by atoms with van der Waals surface area (Å²) in [6, 6.07) is 0.873. The molecule has 1 saturated heterocycles. The Balaban J connectivity index is 1.78. The van der Waals surface area contributed by atoms with Gasteiger partial charge in [0.25, 0.3) is 0 Å². The number of rotatable bonds is 2. The van der Waals surface area contributed by atoms with Crippen LogP contribution in [-0.4, -0.2) is 29.6 Å². The van der Waals surface area contributed by atoms with Gasteiger partial charge in [0.15, 0.2) is 0 Å². The van der Waals surface area contributed by atoms with Crippen LogP contribution in [0.25, 0.3) is 0 Å². The highest BCUT2D eigenvalue weighted by molar-refractivity contribution is 5.04. The fourth-order valence-corrected chi connectivity index (χ4v) is 5.24. The van der Waals surface area contributed by atoms with Crippen LogP contribution in [0.15, 0.2) is 0 Å². The molecular formula is C17H32N2. The first-order valence-electron chi connectivity index (χ1n) is 8.63. The van der Waals surface area contributed by atoms with Crippen LogP contribution in [0.2, 0.25) is 0 Å². The van der Waals surface area contributed by atoms with Crippen LogP contribution in [0.1, 0.15) is 65.2 Å². The van der Waals surface area contributed by atoms with E-state index in [0.717, 1.165) is 30.3 Å². The average molecular weight is 264 g/mol. The van der Waals surface area contributed by atoms with Crippen molar-refractivity contribution in [3.63, 3.8) is 0 Å². The molecule has 5 atom stereocenters. The second-order valence-corrected chi connectivity index (χ2v) is 7.72. The molecule has 0 radical (unpaired) electrons. The van der Waals surface area contributed by atoms with Gasteiger partial charge < -0.3 is 5.73 Å². The molecule has 2 N–H and O–H groups in total. The average Bonchev–Trinajstić information content (AvgIpc) is 2.87. The Hall–Kier alpha value is -0.0800. The molecule has 0 aromatic heterocycles. The Kier molecular flexibility index (Phi) is 3.92. The third kappa shape index (κ3) is 2.35. The maximum Gasteiger partial charge on any atom is 0.0337 e. The van der Waals surface area contributed by atoms with Crippen molar-refractivity contribution in [1.82, 2.24) is 4.90 Å². The van der Waals surface area contributed by atoms with Gasteiger partial charge in [0.1, 0.15) is 0 Å². The molecule has 2 saturated carbocycles. The predicted molar refractivity (Wildman–Crippen MR) is 81.0 cm³/mol. The minimum absolute atomic E-state index is 0.350. The summed E-state index contributed by atoms with van der Waals surface area (Å²) >= 11 is 0. The molecule has 1 aliphatic heterocycles. The Morgan fingerprint density at radius 1 is 1.05 bits per heavy atom.